The molecule has 9 heteroatoms. The molecule has 150 valence electrons. The lowest BCUT2D eigenvalue weighted by Crippen LogP contribution is -2.35. The van der Waals surface area contributed by atoms with Crippen LogP contribution in [-0.4, -0.2) is 45.2 Å². The van der Waals surface area contributed by atoms with Crippen molar-refractivity contribution in [1.82, 2.24) is 25.4 Å². The lowest BCUT2D eigenvalue weighted by molar-refractivity contribution is 0.0928. The van der Waals surface area contributed by atoms with E-state index in [2.05, 4.69) is 26.0 Å². The van der Waals surface area contributed by atoms with Crippen molar-refractivity contribution in [2.24, 2.45) is 5.92 Å². The summed E-state index contributed by atoms with van der Waals surface area (Å²) in [6.45, 7) is 5.21. The second-order valence-corrected chi connectivity index (χ2v) is 8.74. The second kappa shape index (κ2) is 7.90. The molecule has 4 rings (SSSR count). The van der Waals surface area contributed by atoms with Gasteiger partial charge in [-0.05, 0) is 45.4 Å². The number of nitrogens with zero attached hydrogens (tertiary/aromatic N) is 3. The molecule has 2 aromatic rings. The van der Waals surface area contributed by atoms with E-state index >= 15 is 0 Å². The van der Waals surface area contributed by atoms with Crippen LogP contribution in [0.5, 0.6) is 0 Å². The fourth-order valence-corrected chi connectivity index (χ4v) is 4.15. The molecule has 1 saturated carbocycles. The van der Waals surface area contributed by atoms with Gasteiger partial charge in [-0.25, -0.2) is 4.98 Å². The van der Waals surface area contributed by atoms with Crippen LogP contribution >= 0.6 is 11.3 Å². The highest BCUT2D eigenvalue weighted by Crippen LogP contribution is 2.27. The highest BCUT2D eigenvalue weighted by Gasteiger charge is 2.26. The molecular weight excluding hydrogens is 376 g/mol. The molecule has 8 nitrogen and oxygen atoms in total. The van der Waals surface area contributed by atoms with Crippen molar-refractivity contribution >= 4 is 28.3 Å². The molecule has 2 amide bonds. The first-order chi connectivity index (χ1) is 13.5. The maximum atomic E-state index is 12.4. The van der Waals surface area contributed by atoms with Gasteiger partial charge < -0.3 is 16.0 Å². The summed E-state index contributed by atoms with van der Waals surface area (Å²) in [5.41, 5.74) is 2.05. The molecule has 0 unspecified atom stereocenters. The van der Waals surface area contributed by atoms with Crippen molar-refractivity contribution in [2.75, 3.05) is 11.9 Å². The Morgan fingerprint density at radius 1 is 1.29 bits per heavy atom. The number of nitrogens with one attached hydrogen (secondary N) is 3. The van der Waals surface area contributed by atoms with E-state index in [0.717, 1.165) is 30.2 Å². The first kappa shape index (κ1) is 18.9. The molecule has 3 heterocycles. The largest absolute Gasteiger partial charge is 0.359 e. The van der Waals surface area contributed by atoms with Gasteiger partial charge in [0.2, 0.25) is 0 Å². The maximum Gasteiger partial charge on any atom is 0.270 e. The van der Waals surface area contributed by atoms with Gasteiger partial charge in [-0.3, -0.25) is 14.3 Å². The van der Waals surface area contributed by atoms with Gasteiger partial charge in [-0.15, -0.1) is 11.3 Å². The van der Waals surface area contributed by atoms with Crippen LogP contribution in [-0.2, 0) is 13.0 Å². The molecule has 0 saturated heterocycles. The fraction of sp³-hybridized carbons (Fsp3) is 0.579. The summed E-state index contributed by atoms with van der Waals surface area (Å²) >= 11 is 1.47. The van der Waals surface area contributed by atoms with Gasteiger partial charge in [0.05, 0.1) is 17.5 Å². The Morgan fingerprint density at radius 3 is 2.86 bits per heavy atom. The average molecular weight is 403 g/mol. The molecule has 0 bridgehead atoms. The number of hydrogen-bond donors (Lipinski definition) is 3. The summed E-state index contributed by atoms with van der Waals surface area (Å²) in [5.74, 6) is 0.0532. The molecule has 0 aromatic carbocycles. The number of hydrogen-bond acceptors (Lipinski definition) is 6. The minimum atomic E-state index is -0.142. The first-order valence-corrected chi connectivity index (χ1v) is 10.7. The standard InChI is InChI=1S/C19H26N6O2S/c1-11(2)22-17(26)14-9-21-25-6-5-12(7-16(14)25)8-20-18(27)15-10-28-19(24-15)23-13-3-4-13/h9-13H,3-8H2,1-2H3,(H,20,27)(H,22,26)(H,23,24)/t12-/m1/s1. The summed E-state index contributed by atoms with van der Waals surface area (Å²) in [4.78, 5) is 29.2. The third-order valence-electron chi connectivity index (χ3n) is 5.04. The summed E-state index contributed by atoms with van der Waals surface area (Å²) in [6, 6.07) is 0.607. The Hall–Kier alpha value is -2.42. The van der Waals surface area contributed by atoms with Crippen LogP contribution in [0, 0.1) is 5.92 Å². The summed E-state index contributed by atoms with van der Waals surface area (Å²) in [6.07, 6.45) is 5.66. The van der Waals surface area contributed by atoms with Crippen molar-refractivity contribution < 1.29 is 9.59 Å². The van der Waals surface area contributed by atoms with Crippen LogP contribution in [0.15, 0.2) is 11.6 Å². The fourth-order valence-electron chi connectivity index (χ4n) is 3.38. The van der Waals surface area contributed by atoms with Crippen molar-refractivity contribution in [3.05, 3.63) is 28.5 Å². The lowest BCUT2D eigenvalue weighted by Gasteiger charge is -2.24. The van der Waals surface area contributed by atoms with Crippen LogP contribution in [0.2, 0.25) is 0 Å². The van der Waals surface area contributed by atoms with Crippen LogP contribution in [0.25, 0.3) is 0 Å². The van der Waals surface area contributed by atoms with Gasteiger partial charge in [0.15, 0.2) is 5.13 Å². The number of rotatable bonds is 7. The predicted molar refractivity (Wildman–Crippen MR) is 108 cm³/mol. The normalized spacial score (nSPS) is 18.6. The predicted octanol–water partition coefficient (Wildman–Crippen LogP) is 2.04. The van der Waals surface area contributed by atoms with Crippen LogP contribution in [0.3, 0.4) is 0 Å². The summed E-state index contributed by atoms with van der Waals surface area (Å²) in [5, 5.41) is 16.2. The number of amides is 2. The third-order valence-corrected chi connectivity index (χ3v) is 5.81. The van der Waals surface area contributed by atoms with Gasteiger partial charge >= 0.3 is 0 Å². The van der Waals surface area contributed by atoms with Gasteiger partial charge in [-0.1, -0.05) is 0 Å². The quantitative estimate of drug-likeness (QED) is 0.658. The summed E-state index contributed by atoms with van der Waals surface area (Å²) < 4.78 is 1.91. The lowest BCUT2D eigenvalue weighted by atomic mass is 9.94. The molecular formula is C19H26N6O2S. The van der Waals surface area contributed by atoms with E-state index in [0.29, 0.717) is 23.8 Å². The van der Waals surface area contributed by atoms with Crippen molar-refractivity contribution in [1.29, 1.82) is 0 Å². The molecule has 1 aliphatic carbocycles. The van der Waals surface area contributed by atoms with Crippen molar-refractivity contribution in [3.63, 3.8) is 0 Å². The molecule has 1 fully saturated rings. The minimum Gasteiger partial charge on any atom is -0.359 e. The Kier molecular flexibility index (Phi) is 5.34. The molecule has 2 aromatic heterocycles. The van der Waals surface area contributed by atoms with Crippen LogP contribution in [0.4, 0.5) is 5.13 Å². The number of aryl methyl sites for hydroxylation is 1. The molecule has 2 aliphatic rings. The van der Waals surface area contributed by atoms with Gasteiger partial charge in [-0.2, -0.15) is 5.10 Å². The zero-order valence-corrected chi connectivity index (χ0v) is 17.0. The highest BCUT2D eigenvalue weighted by atomic mass is 32.1. The first-order valence-electron chi connectivity index (χ1n) is 9.85. The number of fused-ring (bicyclic) bond motifs is 1. The van der Waals surface area contributed by atoms with Crippen molar-refractivity contribution in [3.8, 4) is 0 Å². The van der Waals surface area contributed by atoms with Crippen LogP contribution < -0.4 is 16.0 Å². The Bertz CT molecular complexity index is 870. The molecule has 28 heavy (non-hydrogen) atoms. The number of anilines is 1. The number of carbonyl (C=O) groups is 2. The topological polar surface area (TPSA) is 101 Å². The Labute approximate surface area is 168 Å². The monoisotopic (exact) mass is 402 g/mol. The Balaban J connectivity index is 1.33. The van der Waals surface area contributed by atoms with E-state index in [1.165, 1.54) is 24.2 Å². The van der Waals surface area contributed by atoms with Crippen LogP contribution in [0.1, 0.15) is 59.7 Å². The van der Waals surface area contributed by atoms with Gasteiger partial charge in [0.1, 0.15) is 5.69 Å². The van der Waals surface area contributed by atoms with E-state index in [-0.39, 0.29) is 23.8 Å². The molecule has 3 N–H and O–H groups in total. The number of thiazole rings is 1. The second-order valence-electron chi connectivity index (χ2n) is 7.88. The Morgan fingerprint density at radius 2 is 2.11 bits per heavy atom. The van der Waals surface area contributed by atoms with E-state index < -0.39 is 0 Å². The minimum absolute atomic E-state index is 0.0825. The maximum absolute atomic E-state index is 12.4. The molecule has 0 radical (unpaired) electrons. The number of aromatic nitrogens is 3. The van der Waals surface area contributed by atoms with Gasteiger partial charge in [0, 0.05) is 30.6 Å². The van der Waals surface area contributed by atoms with E-state index in [1.54, 1.807) is 11.6 Å². The third kappa shape index (κ3) is 4.35. The van der Waals surface area contributed by atoms with E-state index in [9.17, 15) is 9.59 Å². The number of carbonyl (C=O) groups excluding carboxylic acids is 2. The SMILES string of the molecule is CC(C)NC(=O)c1cnn2c1C[C@H](CNC(=O)c1csc(NC3CC3)n1)CC2. The molecule has 0 spiro atoms. The van der Waals surface area contributed by atoms with Gasteiger partial charge in [0.25, 0.3) is 11.8 Å². The summed E-state index contributed by atoms with van der Waals surface area (Å²) in [7, 11) is 0. The van der Waals surface area contributed by atoms with Crippen molar-refractivity contribution in [2.45, 2.75) is 58.2 Å². The zero-order valence-electron chi connectivity index (χ0n) is 16.2. The average Bonchev–Trinajstić information content (AvgIpc) is 3.17. The molecule has 1 atom stereocenters. The highest BCUT2D eigenvalue weighted by molar-refractivity contribution is 7.13. The zero-order chi connectivity index (χ0) is 19.7. The smallest absolute Gasteiger partial charge is 0.270 e. The molecule has 1 aliphatic heterocycles. The van der Waals surface area contributed by atoms with E-state index in [1.807, 2.05) is 18.5 Å². The van der Waals surface area contributed by atoms with E-state index in [4.69, 9.17) is 0 Å².